The number of nitrogens with zero attached hydrogens (tertiary/aromatic N) is 1. The lowest BCUT2D eigenvalue weighted by atomic mass is 10.1. The molecule has 1 saturated heterocycles. The molecule has 0 radical (unpaired) electrons. The first kappa shape index (κ1) is 18.6. The molecule has 1 aliphatic rings. The number of halogens is 1. The van der Waals surface area contributed by atoms with E-state index in [1.54, 1.807) is 28.8 Å². The second-order valence-electron chi connectivity index (χ2n) is 6.58. The van der Waals surface area contributed by atoms with Crippen LogP contribution in [0.4, 0.5) is 4.39 Å². The number of carbonyl (C=O) groups excluding carboxylic acids is 1. The Labute approximate surface area is 168 Å². The van der Waals surface area contributed by atoms with E-state index in [0.717, 1.165) is 22.6 Å². The standard InChI is InChI=1S/C23H20FNO2S/c24-20-10-4-8-18(14-20)22(26)25-12-13-28-23(25)19-9-5-11-21(15-19)27-16-17-6-2-1-3-7-17/h1-11,14-15,23H,12-13,16H2/t23-/m0/s1. The lowest BCUT2D eigenvalue weighted by molar-refractivity contribution is 0.0759. The van der Waals surface area contributed by atoms with Gasteiger partial charge >= 0.3 is 0 Å². The zero-order chi connectivity index (χ0) is 19.3. The summed E-state index contributed by atoms with van der Waals surface area (Å²) in [6.07, 6.45) is 0. The predicted molar refractivity (Wildman–Crippen MR) is 110 cm³/mol. The van der Waals surface area contributed by atoms with Crippen molar-refractivity contribution in [1.29, 1.82) is 0 Å². The van der Waals surface area contributed by atoms with Gasteiger partial charge in [0.25, 0.3) is 5.91 Å². The fraction of sp³-hybridized carbons (Fsp3) is 0.174. The second-order valence-corrected chi connectivity index (χ2v) is 7.77. The average Bonchev–Trinajstić information content (AvgIpc) is 3.23. The Balaban J connectivity index is 1.50. The van der Waals surface area contributed by atoms with E-state index >= 15 is 0 Å². The molecule has 0 unspecified atom stereocenters. The summed E-state index contributed by atoms with van der Waals surface area (Å²) in [5, 5.41) is -0.101. The van der Waals surface area contributed by atoms with Gasteiger partial charge in [0.05, 0.1) is 0 Å². The Bertz CT molecular complexity index is 964. The van der Waals surface area contributed by atoms with Gasteiger partial charge < -0.3 is 9.64 Å². The van der Waals surface area contributed by atoms with Gasteiger partial charge in [-0.05, 0) is 41.5 Å². The quantitative estimate of drug-likeness (QED) is 0.590. The molecule has 1 fully saturated rings. The Morgan fingerprint density at radius 1 is 1.04 bits per heavy atom. The summed E-state index contributed by atoms with van der Waals surface area (Å²) in [6, 6.07) is 23.7. The molecule has 0 N–H and O–H groups in total. The van der Waals surface area contributed by atoms with Gasteiger partial charge in [-0.1, -0.05) is 48.5 Å². The number of carbonyl (C=O) groups is 1. The van der Waals surface area contributed by atoms with Crippen molar-refractivity contribution in [1.82, 2.24) is 4.90 Å². The number of hydrogen-bond donors (Lipinski definition) is 0. The van der Waals surface area contributed by atoms with Gasteiger partial charge in [-0.3, -0.25) is 4.79 Å². The van der Waals surface area contributed by atoms with Gasteiger partial charge in [-0.15, -0.1) is 11.8 Å². The maximum absolute atomic E-state index is 13.5. The fourth-order valence-electron chi connectivity index (χ4n) is 3.24. The van der Waals surface area contributed by atoms with Crippen LogP contribution in [-0.4, -0.2) is 23.1 Å². The highest BCUT2D eigenvalue weighted by Gasteiger charge is 2.31. The predicted octanol–water partition coefficient (Wildman–Crippen LogP) is 5.29. The third-order valence-corrected chi connectivity index (χ3v) is 5.88. The summed E-state index contributed by atoms with van der Waals surface area (Å²) in [6.45, 7) is 1.13. The molecule has 5 heteroatoms. The van der Waals surface area contributed by atoms with Gasteiger partial charge in [0.1, 0.15) is 23.5 Å². The average molecular weight is 393 g/mol. The number of rotatable bonds is 5. The summed E-state index contributed by atoms with van der Waals surface area (Å²) >= 11 is 1.71. The number of ether oxygens (including phenoxy) is 1. The lowest BCUT2D eigenvalue weighted by Crippen LogP contribution is -2.30. The van der Waals surface area contributed by atoms with Gasteiger partial charge in [-0.2, -0.15) is 0 Å². The van der Waals surface area contributed by atoms with Crippen LogP contribution in [0.5, 0.6) is 5.75 Å². The van der Waals surface area contributed by atoms with Crippen molar-refractivity contribution in [3.8, 4) is 5.75 Å². The van der Waals surface area contributed by atoms with Crippen LogP contribution in [0.1, 0.15) is 26.9 Å². The van der Waals surface area contributed by atoms with Crippen LogP contribution in [0.25, 0.3) is 0 Å². The Hall–Kier alpha value is -2.79. The van der Waals surface area contributed by atoms with E-state index in [-0.39, 0.29) is 11.3 Å². The van der Waals surface area contributed by atoms with E-state index < -0.39 is 5.82 Å². The Kier molecular flexibility index (Phi) is 5.63. The zero-order valence-electron chi connectivity index (χ0n) is 15.3. The van der Waals surface area contributed by atoms with E-state index in [4.69, 9.17) is 4.74 Å². The van der Waals surface area contributed by atoms with E-state index in [1.165, 1.54) is 12.1 Å². The molecule has 4 rings (SSSR count). The minimum atomic E-state index is -0.398. The molecule has 0 bridgehead atoms. The van der Waals surface area contributed by atoms with Gasteiger partial charge in [-0.25, -0.2) is 4.39 Å². The fourth-order valence-corrected chi connectivity index (χ4v) is 4.49. The first-order chi connectivity index (χ1) is 13.7. The third kappa shape index (κ3) is 4.20. The van der Waals surface area contributed by atoms with Crippen LogP contribution in [0, 0.1) is 5.82 Å². The number of hydrogen-bond acceptors (Lipinski definition) is 3. The second kappa shape index (κ2) is 8.48. The van der Waals surface area contributed by atoms with Gasteiger partial charge in [0.15, 0.2) is 0 Å². The molecule has 1 atom stereocenters. The number of thioether (sulfide) groups is 1. The van der Waals surface area contributed by atoms with Crippen molar-refractivity contribution >= 4 is 17.7 Å². The van der Waals surface area contributed by atoms with E-state index in [9.17, 15) is 9.18 Å². The Morgan fingerprint density at radius 2 is 1.86 bits per heavy atom. The third-order valence-electron chi connectivity index (χ3n) is 4.61. The molecule has 0 aliphatic carbocycles. The molecule has 1 aliphatic heterocycles. The van der Waals surface area contributed by atoms with Crippen LogP contribution in [0.15, 0.2) is 78.9 Å². The van der Waals surface area contributed by atoms with E-state index in [0.29, 0.717) is 18.7 Å². The molecule has 0 spiro atoms. The van der Waals surface area contributed by atoms with Gasteiger partial charge in [0, 0.05) is 17.9 Å². The van der Waals surface area contributed by atoms with Crippen molar-refractivity contribution in [2.75, 3.05) is 12.3 Å². The van der Waals surface area contributed by atoms with Crippen LogP contribution >= 0.6 is 11.8 Å². The van der Waals surface area contributed by atoms with E-state index in [1.807, 2.05) is 54.6 Å². The highest BCUT2D eigenvalue weighted by molar-refractivity contribution is 7.99. The molecule has 3 aromatic carbocycles. The summed E-state index contributed by atoms with van der Waals surface area (Å²) < 4.78 is 19.4. The molecule has 1 amide bonds. The SMILES string of the molecule is O=C(c1cccc(F)c1)N1CCS[C@H]1c1cccc(OCc2ccccc2)c1. The maximum Gasteiger partial charge on any atom is 0.255 e. The molecule has 0 saturated carbocycles. The van der Waals surface area contributed by atoms with Crippen molar-refractivity contribution in [3.63, 3.8) is 0 Å². The van der Waals surface area contributed by atoms with Crippen LogP contribution < -0.4 is 4.74 Å². The highest BCUT2D eigenvalue weighted by Crippen LogP contribution is 2.39. The highest BCUT2D eigenvalue weighted by atomic mass is 32.2. The molecule has 1 heterocycles. The summed E-state index contributed by atoms with van der Waals surface area (Å²) in [5.41, 5.74) is 2.49. The summed E-state index contributed by atoms with van der Waals surface area (Å²) in [4.78, 5) is 14.7. The summed E-state index contributed by atoms with van der Waals surface area (Å²) in [7, 11) is 0. The van der Waals surface area contributed by atoms with Crippen LogP contribution in [0.3, 0.4) is 0 Å². The van der Waals surface area contributed by atoms with Crippen molar-refractivity contribution < 1.29 is 13.9 Å². The molecule has 142 valence electrons. The van der Waals surface area contributed by atoms with Crippen LogP contribution in [-0.2, 0) is 6.61 Å². The monoisotopic (exact) mass is 393 g/mol. The first-order valence-electron chi connectivity index (χ1n) is 9.15. The van der Waals surface area contributed by atoms with Crippen molar-refractivity contribution in [2.45, 2.75) is 12.0 Å². The minimum absolute atomic E-state index is 0.101. The first-order valence-corrected chi connectivity index (χ1v) is 10.2. The van der Waals surface area contributed by atoms with Crippen LogP contribution in [0.2, 0.25) is 0 Å². The lowest BCUT2D eigenvalue weighted by Gasteiger charge is -2.24. The smallest absolute Gasteiger partial charge is 0.255 e. The van der Waals surface area contributed by atoms with Crippen molar-refractivity contribution in [2.24, 2.45) is 0 Å². The number of benzene rings is 3. The largest absolute Gasteiger partial charge is 0.489 e. The molecule has 3 aromatic rings. The molecule has 3 nitrogen and oxygen atoms in total. The topological polar surface area (TPSA) is 29.5 Å². The normalized spacial score (nSPS) is 16.2. The Morgan fingerprint density at radius 3 is 2.68 bits per heavy atom. The number of amides is 1. The molecular formula is C23H20FNO2S. The molecule has 28 heavy (non-hydrogen) atoms. The summed E-state index contributed by atoms with van der Waals surface area (Å²) in [5.74, 6) is 1.07. The van der Waals surface area contributed by atoms with Gasteiger partial charge in [0.2, 0.25) is 0 Å². The molecular weight excluding hydrogens is 373 g/mol. The van der Waals surface area contributed by atoms with E-state index in [2.05, 4.69) is 0 Å². The van der Waals surface area contributed by atoms with Crippen molar-refractivity contribution in [3.05, 3.63) is 101 Å². The maximum atomic E-state index is 13.5. The molecule has 0 aromatic heterocycles. The zero-order valence-corrected chi connectivity index (χ0v) is 16.1. The minimum Gasteiger partial charge on any atom is -0.489 e.